The molecule has 0 aromatic heterocycles. The van der Waals surface area contributed by atoms with Gasteiger partial charge in [-0.25, -0.2) is 13.2 Å². The normalized spacial score (nSPS) is 20.6. The highest BCUT2D eigenvalue weighted by atomic mass is 79.9. The van der Waals surface area contributed by atoms with Gasteiger partial charge in [-0.2, -0.15) is 4.31 Å². The van der Waals surface area contributed by atoms with Crippen LogP contribution >= 0.6 is 15.9 Å². The lowest BCUT2D eigenvalue weighted by atomic mass is 10.2. The van der Waals surface area contributed by atoms with Crippen molar-refractivity contribution in [2.75, 3.05) is 13.1 Å². The van der Waals surface area contributed by atoms with Crippen LogP contribution in [0.3, 0.4) is 0 Å². The van der Waals surface area contributed by atoms with Crippen molar-refractivity contribution in [3.05, 3.63) is 28.2 Å². The Morgan fingerprint density at radius 1 is 1.47 bits per heavy atom. The molecule has 19 heavy (non-hydrogen) atoms. The Bertz CT molecular complexity index is 614. The van der Waals surface area contributed by atoms with Gasteiger partial charge in [-0.15, -0.1) is 0 Å². The van der Waals surface area contributed by atoms with E-state index in [9.17, 15) is 13.2 Å². The number of carbonyl (C=O) groups is 1. The molecule has 5 nitrogen and oxygen atoms in total. The molecule has 1 aromatic carbocycles. The number of halogens is 1. The van der Waals surface area contributed by atoms with Gasteiger partial charge < -0.3 is 5.11 Å². The fourth-order valence-electron chi connectivity index (χ4n) is 2.14. The van der Waals surface area contributed by atoms with Crippen LogP contribution < -0.4 is 0 Å². The SMILES string of the molecule is CC1CCN(S(=O)(=O)c2cc(Br)ccc2C(=O)O)C1. The summed E-state index contributed by atoms with van der Waals surface area (Å²) in [7, 11) is -3.75. The summed E-state index contributed by atoms with van der Waals surface area (Å²) in [5, 5.41) is 9.12. The van der Waals surface area contributed by atoms with Gasteiger partial charge in [-0.1, -0.05) is 22.9 Å². The van der Waals surface area contributed by atoms with Crippen LogP contribution in [0.15, 0.2) is 27.6 Å². The third kappa shape index (κ3) is 2.82. The summed E-state index contributed by atoms with van der Waals surface area (Å²) in [6, 6.07) is 4.18. The van der Waals surface area contributed by atoms with Crippen molar-refractivity contribution in [2.24, 2.45) is 5.92 Å². The number of carboxylic acid groups (broad SMARTS) is 1. The third-order valence-corrected chi connectivity index (χ3v) is 5.58. The summed E-state index contributed by atoms with van der Waals surface area (Å²) in [5.41, 5.74) is -0.192. The Balaban J connectivity index is 2.51. The van der Waals surface area contributed by atoms with Gasteiger partial charge in [0.2, 0.25) is 10.0 Å². The molecular weight excluding hydrogens is 334 g/mol. The van der Waals surface area contributed by atoms with Crippen molar-refractivity contribution < 1.29 is 18.3 Å². The maximum Gasteiger partial charge on any atom is 0.337 e. The lowest BCUT2D eigenvalue weighted by Gasteiger charge is -2.17. The number of carboxylic acids is 1. The van der Waals surface area contributed by atoms with Crippen molar-refractivity contribution in [1.82, 2.24) is 4.31 Å². The van der Waals surface area contributed by atoms with E-state index in [1.807, 2.05) is 6.92 Å². The number of nitrogens with zero attached hydrogens (tertiary/aromatic N) is 1. The first kappa shape index (κ1) is 14.5. The average molecular weight is 348 g/mol. The summed E-state index contributed by atoms with van der Waals surface area (Å²) >= 11 is 3.18. The van der Waals surface area contributed by atoms with Crippen LogP contribution in [0.2, 0.25) is 0 Å². The van der Waals surface area contributed by atoms with Crippen molar-refractivity contribution in [3.8, 4) is 0 Å². The van der Waals surface area contributed by atoms with Crippen molar-refractivity contribution in [1.29, 1.82) is 0 Å². The monoisotopic (exact) mass is 347 g/mol. The van der Waals surface area contributed by atoms with E-state index in [-0.39, 0.29) is 10.5 Å². The van der Waals surface area contributed by atoms with Gasteiger partial charge in [-0.3, -0.25) is 0 Å². The zero-order valence-electron chi connectivity index (χ0n) is 10.3. The highest BCUT2D eigenvalue weighted by Gasteiger charge is 2.33. The van der Waals surface area contributed by atoms with E-state index in [1.54, 1.807) is 0 Å². The van der Waals surface area contributed by atoms with E-state index in [0.29, 0.717) is 23.5 Å². The van der Waals surface area contributed by atoms with E-state index >= 15 is 0 Å². The second kappa shape index (κ2) is 5.22. The molecular formula is C12H14BrNO4S. The molecule has 1 fully saturated rings. The molecule has 1 saturated heterocycles. The topological polar surface area (TPSA) is 74.7 Å². The van der Waals surface area contributed by atoms with Crippen LogP contribution in [-0.2, 0) is 10.0 Å². The molecule has 1 aliphatic heterocycles. The molecule has 0 bridgehead atoms. The van der Waals surface area contributed by atoms with Crippen molar-refractivity contribution >= 4 is 31.9 Å². The van der Waals surface area contributed by atoms with E-state index in [4.69, 9.17) is 5.11 Å². The van der Waals surface area contributed by atoms with Crippen LogP contribution in [-0.4, -0.2) is 36.9 Å². The molecule has 1 N–H and O–H groups in total. The lowest BCUT2D eigenvalue weighted by Crippen LogP contribution is -2.30. The second-order valence-electron chi connectivity index (χ2n) is 4.70. The van der Waals surface area contributed by atoms with Gasteiger partial charge in [0.1, 0.15) is 0 Å². The molecule has 1 aromatic rings. The first-order valence-electron chi connectivity index (χ1n) is 5.85. The Morgan fingerprint density at radius 3 is 2.68 bits per heavy atom. The molecule has 0 amide bonds. The minimum absolute atomic E-state index is 0.150. The lowest BCUT2D eigenvalue weighted by molar-refractivity contribution is 0.0692. The maximum atomic E-state index is 12.5. The summed E-state index contributed by atoms with van der Waals surface area (Å²) in [5.74, 6) is -0.937. The molecule has 104 valence electrons. The predicted octanol–water partition coefficient (Wildman–Crippen LogP) is 2.18. The Morgan fingerprint density at radius 2 is 2.16 bits per heavy atom. The fraction of sp³-hybridized carbons (Fsp3) is 0.417. The Kier molecular flexibility index (Phi) is 3.98. The van der Waals surface area contributed by atoms with Crippen LogP contribution in [0, 0.1) is 5.92 Å². The molecule has 1 heterocycles. The van der Waals surface area contributed by atoms with Gasteiger partial charge in [0.15, 0.2) is 0 Å². The van der Waals surface area contributed by atoms with Gasteiger partial charge in [0, 0.05) is 17.6 Å². The molecule has 0 saturated carbocycles. The van der Waals surface area contributed by atoms with E-state index < -0.39 is 16.0 Å². The number of aromatic carboxylic acids is 1. The largest absolute Gasteiger partial charge is 0.478 e. The fourth-order valence-corrected chi connectivity index (χ4v) is 4.43. The number of sulfonamides is 1. The summed E-state index contributed by atoms with van der Waals surface area (Å²) in [6.07, 6.45) is 0.801. The molecule has 7 heteroatoms. The first-order chi connectivity index (χ1) is 8.82. The van der Waals surface area contributed by atoms with Crippen molar-refractivity contribution in [2.45, 2.75) is 18.2 Å². The summed E-state index contributed by atoms with van der Waals surface area (Å²) in [4.78, 5) is 11.0. The zero-order valence-corrected chi connectivity index (χ0v) is 12.7. The predicted molar refractivity (Wildman–Crippen MR) is 73.6 cm³/mol. The molecule has 0 aliphatic carbocycles. The van der Waals surface area contributed by atoms with Gasteiger partial charge >= 0.3 is 5.97 Å². The average Bonchev–Trinajstić information content (AvgIpc) is 2.76. The number of benzene rings is 1. The van der Waals surface area contributed by atoms with Crippen molar-refractivity contribution in [3.63, 3.8) is 0 Å². The minimum atomic E-state index is -3.75. The van der Waals surface area contributed by atoms with Gasteiger partial charge in [-0.05, 0) is 30.5 Å². The van der Waals surface area contributed by atoms with Crippen LogP contribution in [0.4, 0.5) is 0 Å². The molecule has 2 rings (SSSR count). The van der Waals surface area contributed by atoms with E-state index in [0.717, 1.165) is 6.42 Å². The van der Waals surface area contributed by atoms with Gasteiger partial charge in [0.05, 0.1) is 10.5 Å². The summed E-state index contributed by atoms with van der Waals surface area (Å²) in [6.45, 7) is 2.86. The standard InChI is InChI=1S/C12H14BrNO4S/c1-8-4-5-14(7-8)19(17,18)11-6-9(13)2-3-10(11)12(15)16/h2-3,6,8H,4-5,7H2,1H3,(H,15,16). The number of hydrogen-bond donors (Lipinski definition) is 1. The Hall–Kier alpha value is -0.920. The summed E-state index contributed by atoms with van der Waals surface area (Å²) < 4.78 is 26.9. The number of hydrogen-bond acceptors (Lipinski definition) is 3. The van der Waals surface area contributed by atoms with E-state index in [1.165, 1.54) is 22.5 Å². The molecule has 1 unspecified atom stereocenters. The quantitative estimate of drug-likeness (QED) is 0.909. The van der Waals surface area contributed by atoms with Crippen LogP contribution in [0.1, 0.15) is 23.7 Å². The van der Waals surface area contributed by atoms with Crippen LogP contribution in [0.25, 0.3) is 0 Å². The van der Waals surface area contributed by atoms with Crippen LogP contribution in [0.5, 0.6) is 0 Å². The maximum absolute atomic E-state index is 12.5. The molecule has 0 radical (unpaired) electrons. The Labute approximate surface area is 120 Å². The highest BCUT2D eigenvalue weighted by molar-refractivity contribution is 9.10. The van der Waals surface area contributed by atoms with E-state index in [2.05, 4.69) is 15.9 Å². The highest BCUT2D eigenvalue weighted by Crippen LogP contribution is 2.28. The minimum Gasteiger partial charge on any atom is -0.478 e. The molecule has 1 atom stereocenters. The third-order valence-electron chi connectivity index (χ3n) is 3.18. The second-order valence-corrected chi connectivity index (χ2v) is 7.52. The molecule has 0 spiro atoms. The smallest absolute Gasteiger partial charge is 0.337 e. The number of rotatable bonds is 3. The molecule has 1 aliphatic rings. The van der Waals surface area contributed by atoms with Gasteiger partial charge in [0.25, 0.3) is 0 Å². The zero-order chi connectivity index (χ0) is 14.2. The first-order valence-corrected chi connectivity index (χ1v) is 8.08.